The SMILES string of the molecule is CC(C)CNC(=O)[C@H]1CCCN(S(=O)(=O)c2ccc(Cl)cc2)C1. The average molecular weight is 359 g/mol. The minimum absolute atomic E-state index is 0.0605. The Morgan fingerprint density at radius 3 is 2.61 bits per heavy atom. The van der Waals surface area contributed by atoms with E-state index in [1.807, 2.05) is 13.8 Å². The highest BCUT2D eigenvalue weighted by molar-refractivity contribution is 7.89. The molecule has 0 aliphatic carbocycles. The molecule has 0 saturated carbocycles. The van der Waals surface area contributed by atoms with Crippen LogP contribution in [0, 0.1) is 11.8 Å². The lowest BCUT2D eigenvalue weighted by Crippen LogP contribution is -2.45. The van der Waals surface area contributed by atoms with Gasteiger partial charge in [0.15, 0.2) is 0 Å². The van der Waals surface area contributed by atoms with Crippen molar-refractivity contribution in [2.75, 3.05) is 19.6 Å². The van der Waals surface area contributed by atoms with Crippen LogP contribution < -0.4 is 5.32 Å². The van der Waals surface area contributed by atoms with Gasteiger partial charge in [-0.2, -0.15) is 4.31 Å². The Morgan fingerprint density at radius 1 is 1.35 bits per heavy atom. The van der Waals surface area contributed by atoms with Crippen LogP contribution >= 0.6 is 11.6 Å². The molecule has 1 aromatic rings. The maximum atomic E-state index is 12.7. The lowest BCUT2D eigenvalue weighted by atomic mass is 9.98. The molecule has 7 heteroatoms. The van der Waals surface area contributed by atoms with Crippen LogP contribution in [0.25, 0.3) is 0 Å². The molecule has 1 aromatic carbocycles. The molecule has 1 N–H and O–H groups in total. The molecule has 1 saturated heterocycles. The number of carbonyl (C=O) groups is 1. The van der Waals surface area contributed by atoms with Gasteiger partial charge in [0.2, 0.25) is 15.9 Å². The molecule has 0 radical (unpaired) electrons. The van der Waals surface area contributed by atoms with E-state index in [1.165, 1.54) is 16.4 Å². The van der Waals surface area contributed by atoms with Crippen molar-refractivity contribution in [2.45, 2.75) is 31.6 Å². The van der Waals surface area contributed by atoms with Crippen molar-refractivity contribution in [2.24, 2.45) is 11.8 Å². The van der Waals surface area contributed by atoms with E-state index in [2.05, 4.69) is 5.32 Å². The van der Waals surface area contributed by atoms with Gasteiger partial charge in [0.05, 0.1) is 10.8 Å². The topological polar surface area (TPSA) is 66.5 Å². The number of nitrogens with zero attached hydrogens (tertiary/aromatic N) is 1. The minimum Gasteiger partial charge on any atom is -0.356 e. The van der Waals surface area contributed by atoms with Crippen LogP contribution in [-0.2, 0) is 14.8 Å². The third kappa shape index (κ3) is 4.68. The summed E-state index contributed by atoms with van der Waals surface area (Å²) >= 11 is 5.81. The highest BCUT2D eigenvalue weighted by atomic mass is 35.5. The third-order valence-electron chi connectivity index (χ3n) is 3.89. The zero-order valence-corrected chi connectivity index (χ0v) is 15.0. The first-order valence-corrected chi connectivity index (χ1v) is 9.66. The second-order valence-electron chi connectivity index (χ2n) is 6.30. The van der Waals surface area contributed by atoms with Gasteiger partial charge in [0.1, 0.15) is 0 Å². The van der Waals surface area contributed by atoms with E-state index in [-0.39, 0.29) is 23.3 Å². The zero-order valence-electron chi connectivity index (χ0n) is 13.5. The van der Waals surface area contributed by atoms with Crippen LogP contribution in [0.4, 0.5) is 0 Å². The summed E-state index contributed by atoms with van der Waals surface area (Å²) < 4.78 is 26.8. The molecule has 1 heterocycles. The Hall–Kier alpha value is -1.11. The van der Waals surface area contributed by atoms with Crippen molar-refractivity contribution >= 4 is 27.5 Å². The molecule has 128 valence electrons. The highest BCUT2D eigenvalue weighted by Crippen LogP contribution is 2.24. The van der Waals surface area contributed by atoms with Crippen molar-refractivity contribution in [1.82, 2.24) is 9.62 Å². The Labute approximate surface area is 143 Å². The molecular weight excluding hydrogens is 336 g/mol. The van der Waals surface area contributed by atoms with E-state index in [4.69, 9.17) is 11.6 Å². The van der Waals surface area contributed by atoms with Crippen molar-refractivity contribution in [3.63, 3.8) is 0 Å². The number of hydrogen-bond acceptors (Lipinski definition) is 3. The summed E-state index contributed by atoms with van der Waals surface area (Å²) in [6.07, 6.45) is 1.41. The van der Waals surface area contributed by atoms with Crippen molar-refractivity contribution < 1.29 is 13.2 Å². The molecule has 2 rings (SSSR count). The van der Waals surface area contributed by atoms with Gasteiger partial charge in [-0.15, -0.1) is 0 Å². The maximum absolute atomic E-state index is 12.7. The second-order valence-corrected chi connectivity index (χ2v) is 8.67. The number of carbonyl (C=O) groups excluding carboxylic acids is 1. The lowest BCUT2D eigenvalue weighted by molar-refractivity contribution is -0.126. The van der Waals surface area contributed by atoms with Crippen LogP contribution in [0.5, 0.6) is 0 Å². The van der Waals surface area contributed by atoms with Gasteiger partial charge in [-0.3, -0.25) is 4.79 Å². The summed E-state index contributed by atoms with van der Waals surface area (Å²) in [6, 6.07) is 6.12. The molecule has 0 bridgehead atoms. The second kappa shape index (κ2) is 7.64. The van der Waals surface area contributed by atoms with Gasteiger partial charge in [0.25, 0.3) is 0 Å². The zero-order chi connectivity index (χ0) is 17.0. The average Bonchev–Trinajstić information content (AvgIpc) is 2.53. The van der Waals surface area contributed by atoms with Crippen LogP contribution in [0.15, 0.2) is 29.2 Å². The van der Waals surface area contributed by atoms with E-state index in [0.717, 1.165) is 6.42 Å². The minimum atomic E-state index is -3.58. The number of amides is 1. The summed E-state index contributed by atoms with van der Waals surface area (Å²) in [7, 11) is -3.58. The number of rotatable bonds is 5. The van der Waals surface area contributed by atoms with E-state index < -0.39 is 10.0 Å². The summed E-state index contributed by atoms with van der Waals surface area (Å²) in [5.74, 6) is 0.0238. The number of piperidine rings is 1. The predicted octanol–water partition coefficient (Wildman–Crippen LogP) is 2.51. The van der Waals surface area contributed by atoms with Gasteiger partial charge in [-0.05, 0) is 43.0 Å². The van der Waals surface area contributed by atoms with Crippen LogP contribution in [-0.4, -0.2) is 38.3 Å². The maximum Gasteiger partial charge on any atom is 0.243 e. The molecule has 0 unspecified atom stereocenters. The number of nitrogens with one attached hydrogen (secondary N) is 1. The van der Waals surface area contributed by atoms with Crippen LogP contribution in [0.3, 0.4) is 0 Å². The van der Waals surface area contributed by atoms with Gasteiger partial charge in [0, 0.05) is 24.7 Å². The highest BCUT2D eigenvalue weighted by Gasteiger charge is 2.33. The molecule has 23 heavy (non-hydrogen) atoms. The fourth-order valence-corrected chi connectivity index (χ4v) is 4.23. The summed E-state index contributed by atoms with van der Waals surface area (Å²) in [6.45, 7) is 5.34. The quantitative estimate of drug-likeness (QED) is 0.879. The largest absolute Gasteiger partial charge is 0.356 e. The van der Waals surface area contributed by atoms with E-state index in [1.54, 1.807) is 12.1 Å². The number of halogens is 1. The summed E-state index contributed by atoms with van der Waals surface area (Å²) in [5, 5.41) is 3.39. The molecule has 1 amide bonds. The Kier molecular flexibility index (Phi) is 6.06. The molecular formula is C16H23ClN2O3S. The number of benzene rings is 1. The van der Waals surface area contributed by atoms with Crippen molar-refractivity contribution in [3.05, 3.63) is 29.3 Å². The van der Waals surface area contributed by atoms with Crippen LogP contribution in [0.1, 0.15) is 26.7 Å². The number of hydrogen-bond donors (Lipinski definition) is 1. The third-order valence-corrected chi connectivity index (χ3v) is 6.02. The first kappa shape index (κ1) is 18.2. The van der Waals surface area contributed by atoms with Gasteiger partial charge >= 0.3 is 0 Å². The molecule has 5 nitrogen and oxygen atoms in total. The van der Waals surface area contributed by atoms with Crippen LogP contribution in [0.2, 0.25) is 5.02 Å². The Balaban J connectivity index is 2.08. The first-order chi connectivity index (χ1) is 10.8. The smallest absolute Gasteiger partial charge is 0.243 e. The normalized spacial score (nSPS) is 19.7. The van der Waals surface area contributed by atoms with Crippen molar-refractivity contribution in [3.8, 4) is 0 Å². The molecule has 1 aliphatic heterocycles. The molecule has 1 fully saturated rings. The monoisotopic (exact) mass is 358 g/mol. The van der Waals surface area contributed by atoms with E-state index in [0.29, 0.717) is 30.5 Å². The molecule has 0 spiro atoms. The summed E-state index contributed by atoms with van der Waals surface area (Å²) in [4.78, 5) is 12.4. The van der Waals surface area contributed by atoms with Gasteiger partial charge in [-0.1, -0.05) is 25.4 Å². The fraction of sp³-hybridized carbons (Fsp3) is 0.562. The lowest BCUT2D eigenvalue weighted by Gasteiger charge is -2.31. The number of sulfonamides is 1. The predicted molar refractivity (Wildman–Crippen MR) is 90.8 cm³/mol. The van der Waals surface area contributed by atoms with Gasteiger partial charge in [-0.25, -0.2) is 8.42 Å². The fourth-order valence-electron chi connectivity index (χ4n) is 2.58. The first-order valence-electron chi connectivity index (χ1n) is 7.84. The molecule has 0 aromatic heterocycles. The van der Waals surface area contributed by atoms with Gasteiger partial charge < -0.3 is 5.32 Å². The van der Waals surface area contributed by atoms with E-state index >= 15 is 0 Å². The Morgan fingerprint density at radius 2 is 2.00 bits per heavy atom. The van der Waals surface area contributed by atoms with E-state index in [9.17, 15) is 13.2 Å². The molecule has 1 atom stereocenters. The standard InChI is InChI=1S/C16H23ClN2O3S/c1-12(2)10-18-16(20)13-4-3-9-19(11-13)23(21,22)15-7-5-14(17)6-8-15/h5-8,12-13H,3-4,9-11H2,1-2H3,(H,18,20)/t13-/m0/s1. The molecule has 1 aliphatic rings. The van der Waals surface area contributed by atoms with Crippen molar-refractivity contribution in [1.29, 1.82) is 0 Å². The Bertz CT molecular complexity index is 644. The summed E-state index contributed by atoms with van der Waals surface area (Å²) in [5.41, 5.74) is 0.